The van der Waals surface area contributed by atoms with Crippen LogP contribution in [-0.2, 0) is 0 Å². The minimum atomic E-state index is -0.250. The van der Waals surface area contributed by atoms with Crippen LogP contribution in [0, 0.1) is 5.82 Å². The summed E-state index contributed by atoms with van der Waals surface area (Å²) in [5, 5.41) is 3.73. The molecule has 1 aromatic heterocycles. The summed E-state index contributed by atoms with van der Waals surface area (Å²) in [5.41, 5.74) is 0.917. The molecule has 2 aromatic rings. The minimum Gasteiger partial charge on any atom is -0.440 e. The highest BCUT2D eigenvalue weighted by Crippen LogP contribution is 2.34. The number of benzene rings is 1. The smallest absolute Gasteiger partial charge is 0.260 e. The van der Waals surface area contributed by atoms with E-state index in [4.69, 9.17) is 4.42 Å². The fourth-order valence-corrected chi connectivity index (χ4v) is 2.66. The Morgan fingerprint density at radius 3 is 3.00 bits per heavy atom. The number of aromatic nitrogens is 1. The van der Waals surface area contributed by atoms with Crippen molar-refractivity contribution in [1.82, 2.24) is 10.3 Å². The van der Waals surface area contributed by atoms with E-state index in [0.29, 0.717) is 10.1 Å². The first-order valence-corrected chi connectivity index (χ1v) is 6.63. The molecule has 0 aliphatic carbocycles. The van der Waals surface area contributed by atoms with Crippen LogP contribution in [-0.4, -0.2) is 11.5 Å². The van der Waals surface area contributed by atoms with Crippen LogP contribution in [0.15, 0.2) is 45.2 Å². The molecule has 5 heteroatoms. The lowest BCUT2D eigenvalue weighted by molar-refractivity contribution is 0.453. The summed E-state index contributed by atoms with van der Waals surface area (Å²) < 4.78 is 19.1. The molecule has 0 radical (unpaired) electrons. The quantitative estimate of drug-likeness (QED) is 0.896. The van der Waals surface area contributed by atoms with Crippen LogP contribution < -0.4 is 5.32 Å². The van der Waals surface area contributed by atoms with Gasteiger partial charge in [-0.3, -0.25) is 0 Å². The first-order chi connectivity index (χ1) is 8.72. The maximum atomic E-state index is 13.9. The van der Waals surface area contributed by atoms with Gasteiger partial charge in [0.15, 0.2) is 0 Å². The Morgan fingerprint density at radius 1 is 1.50 bits per heavy atom. The van der Waals surface area contributed by atoms with Gasteiger partial charge >= 0.3 is 0 Å². The van der Waals surface area contributed by atoms with Gasteiger partial charge < -0.3 is 9.73 Å². The second kappa shape index (κ2) is 6.02. The van der Waals surface area contributed by atoms with Gasteiger partial charge in [-0.25, -0.2) is 9.37 Å². The highest BCUT2D eigenvalue weighted by molar-refractivity contribution is 7.99. The molecule has 0 bridgehead atoms. The van der Waals surface area contributed by atoms with E-state index < -0.39 is 0 Å². The third kappa shape index (κ3) is 2.91. The molecule has 18 heavy (non-hydrogen) atoms. The fraction of sp³-hybridized carbons (Fsp3) is 0.308. The van der Waals surface area contributed by atoms with Crippen molar-refractivity contribution in [3.05, 3.63) is 42.0 Å². The number of oxazole rings is 1. The van der Waals surface area contributed by atoms with Crippen molar-refractivity contribution in [2.24, 2.45) is 0 Å². The molecule has 0 fully saturated rings. The lowest BCUT2D eigenvalue weighted by atomic mass is 10.1. The average molecular weight is 266 g/mol. The Bertz CT molecular complexity index is 502. The number of nitrogens with zero attached hydrogens (tertiary/aromatic N) is 1. The topological polar surface area (TPSA) is 38.1 Å². The average Bonchev–Trinajstić information content (AvgIpc) is 2.85. The number of hydrogen-bond donors (Lipinski definition) is 1. The Kier molecular flexibility index (Phi) is 4.38. The fourth-order valence-electron chi connectivity index (χ4n) is 1.74. The zero-order valence-corrected chi connectivity index (χ0v) is 11.1. The third-order valence-electron chi connectivity index (χ3n) is 2.57. The van der Waals surface area contributed by atoms with Gasteiger partial charge in [0.2, 0.25) is 0 Å². The van der Waals surface area contributed by atoms with Crippen LogP contribution in [0.3, 0.4) is 0 Å². The minimum absolute atomic E-state index is 0.0863. The van der Waals surface area contributed by atoms with E-state index in [2.05, 4.69) is 10.3 Å². The van der Waals surface area contributed by atoms with Gasteiger partial charge in [0.25, 0.3) is 5.22 Å². The van der Waals surface area contributed by atoms with Crippen LogP contribution in [0.2, 0.25) is 0 Å². The van der Waals surface area contributed by atoms with Crippen LogP contribution in [0.5, 0.6) is 0 Å². The van der Waals surface area contributed by atoms with Gasteiger partial charge in [-0.2, -0.15) is 0 Å². The molecular formula is C13H15FN2OS. The Balaban J connectivity index is 2.32. The van der Waals surface area contributed by atoms with Crippen LogP contribution >= 0.6 is 11.8 Å². The first-order valence-electron chi connectivity index (χ1n) is 5.81. The SMILES string of the molecule is CCNC(C)c1cccc(F)c1Sc1ncco1. The van der Waals surface area contributed by atoms with Gasteiger partial charge in [0, 0.05) is 6.04 Å². The molecule has 2 rings (SSSR count). The highest BCUT2D eigenvalue weighted by Gasteiger charge is 2.16. The van der Waals surface area contributed by atoms with Gasteiger partial charge in [-0.05, 0) is 36.9 Å². The van der Waals surface area contributed by atoms with E-state index >= 15 is 0 Å². The highest BCUT2D eigenvalue weighted by atomic mass is 32.2. The molecule has 0 aliphatic rings. The van der Waals surface area contributed by atoms with Crippen molar-refractivity contribution in [1.29, 1.82) is 0 Å². The molecule has 3 nitrogen and oxygen atoms in total. The number of halogens is 1. The normalized spacial score (nSPS) is 12.6. The summed E-state index contributed by atoms with van der Waals surface area (Å²) in [7, 11) is 0. The van der Waals surface area contributed by atoms with Gasteiger partial charge in [-0.1, -0.05) is 19.1 Å². The molecule has 0 spiro atoms. The summed E-state index contributed by atoms with van der Waals surface area (Å²) >= 11 is 1.21. The van der Waals surface area contributed by atoms with Crippen LogP contribution in [0.25, 0.3) is 0 Å². The standard InChI is InChI=1S/C13H15FN2OS/c1-3-15-9(2)10-5-4-6-11(14)12(10)18-13-16-7-8-17-13/h4-9,15H,3H2,1-2H3. The number of hydrogen-bond acceptors (Lipinski definition) is 4. The van der Waals surface area contributed by atoms with Crippen molar-refractivity contribution >= 4 is 11.8 Å². The Morgan fingerprint density at radius 2 is 2.33 bits per heavy atom. The number of rotatable bonds is 5. The molecule has 96 valence electrons. The maximum Gasteiger partial charge on any atom is 0.260 e. The lowest BCUT2D eigenvalue weighted by Crippen LogP contribution is -2.18. The summed E-state index contributed by atoms with van der Waals surface area (Å²) in [6.07, 6.45) is 3.03. The molecule has 0 amide bonds. The number of nitrogens with one attached hydrogen (secondary N) is 1. The first kappa shape index (κ1) is 13.1. The van der Waals surface area contributed by atoms with E-state index in [1.54, 1.807) is 12.3 Å². The zero-order valence-electron chi connectivity index (χ0n) is 10.3. The molecular weight excluding hydrogens is 251 g/mol. The monoisotopic (exact) mass is 266 g/mol. The molecule has 1 heterocycles. The Hall–Kier alpha value is -1.33. The summed E-state index contributed by atoms with van der Waals surface area (Å²) in [6.45, 7) is 4.87. The van der Waals surface area contributed by atoms with E-state index in [1.807, 2.05) is 19.9 Å². The Labute approximate surface area is 110 Å². The van der Waals surface area contributed by atoms with E-state index in [1.165, 1.54) is 24.1 Å². The van der Waals surface area contributed by atoms with Crippen molar-refractivity contribution in [2.45, 2.75) is 30.0 Å². The molecule has 1 unspecified atom stereocenters. The van der Waals surface area contributed by atoms with Crippen molar-refractivity contribution in [3.8, 4) is 0 Å². The predicted molar refractivity (Wildman–Crippen MR) is 69.1 cm³/mol. The third-order valence-corrected chi connectivity index (χ3v) is 3.58. The van der Waals surface area contributed by atoms with Crippen LogP contribution in [0.4, 0.5) is 4.39 Å². The van der Waals surface area contributed by atoms with E-state index in [0.717, 1.165) is 12.1 Å². The largest absolute Gasteiger partial charge is 0.440 e. The van der Waals surface area contributed by atoms with Crippen LogP contribution in [0.1, 0.15) is 25.5 Å². The van der Waals surface area contributed by atoms with Crippen molar-refractivity contribution < 1.29 is 8.81 Å². The van der Waals surface area contributed by atoms with Gasteiger partial charge in [0.05, 0.1) is 11.1 Å². The molecule has 0 saturated carbocycles. The lowest BCUT2D eigenvalue weighted by Gasteiger charge is -2.16. The molecule has 1 N–H and O–H groups in total. The predicted octanol–water partition coefficient (Wildman–Crippen LogP) is 3.64. The van der Waals surface area contributed by atoms with E-state index in [-0.39, 0.29) is 11.9 Å². The molecule has 0 aliphatic heterocycles. The molecule has 0 saturated heterocycles. The van der Waals surface area contributed by atoms with Crippen molar-refractivity contribution in [3.63, 3.8) is 0 Å². The maximum absolute atomic E-state index is 13.9. The zero-order chi connectivity index (χ0) is 13.0. The summed E-state index contributed by atoms with van der Waals surface area (Å²) in [5.74, 6) is -0.250. The second-order valence-corrected chi connectivity index (χ2v) is 4.80. The summed E-state index contributed by atoms with van der Waals surface area (Å²) in [6, 6.07) is 5.18. The molecule has 1 atom stereocenters. The second-order valence-electron chi connectivity index (χ2n) is 3.84. The molecule has 1 aromatic carbocycles. The summed E-state index contributed by atoms with van der Waals surface area (Å²) in [4.78, 5) is 4.57. The van der Waals surface area contributed by atoms with Gasteiger partial charge in [0.1, 0.15) is 12.1 Å². The van der Waals surface area contributed by atoms with Gasteiger partial charge in [-0.15, -0.1) is 0 Å². The van der Waals surface area contributed by atoms with Crippen molar-refractivity contribution in [2.75, 3.05) is 6.54 Å². The van der Waals surface area contributed by atoms with E-state index in [9.17, 15) is 4.39 Å².